The van der Waals surface area contributed by atoms with Crippen LogP contribution in [0.5, 0.6) is 0 Å². The Hall–Kier alpha value is -1.85. The monoisotopic (exact) mass is 361 g/mol. The van der Waals surface area contributed by atoms with Crippen LogP contribution in [0, 0.1) is 0 Å². The van der Waals surface area contributed by atoms with Crippen molar-refractivity contribution in [1.82, 2.24) is 5.32 Å². The molecule has 1 saturated heterocycles. The predicted molar refractivity (Wildman–Crippen MR) is 86.4 cm³/mol. The number of ether oxygens (including phenoxy) is 2. The molecule has 22 heavy (non-hydrogen) atoms. The minimum atomic E-state index is -0.492. The maximum absolute atomic E-state index is 12.1. The third-order valence-electron chi connectivity index (χ3n) is 3.65. The van der Waals surface area contributed by atoms with Crippen LogP contribution in [0.4, 0.5) is 4.79 Å². The molecule has 1 amide bonds. The van der Waals surface area contributed by atoms with Gasteiger partial charge in [-0.3, -0.25) is 0 Å². The van der Waals surface area contributed by atoms with Gasteiger partial charge in [0.15, 0.2) is 0 Å². The molecular weight excluding hydrogens is 346 g/mol. The van der Waals surface area contributed by atoms with E-state index in [1.165, 1.54) is 0 Å². The summed E-state index contributed by atoms with van der Waals surface area (Å²) in [6.45, 7) is 1.16. The summed E-state index contributed by atoms with van der Waals surface area (Å²) in [5.41, 5.74) is 1.48. The minimum Gasteiger partial charge on any atom is -0.445 e. The van der Waals surface area contributed by atoms with Crippen LogP contribution < -0.4 is 5.32 Å². The van der Waals surface area contributed by atoms with E-state index in [-0.39, 0.29) is 6.61 Å². The van der Waals surface area contributed by atoms with Crippen LogP contribution in [-0.2, 0) is 21.6 Å². The van der Waals surface area contributed by atoms with Gasteiger partial charge in [-0.15, -0.1) is 0 Å². The Labute approximate surface area is 137 Å². The summed E-state index contributed by atoms with van der Waals surface area (Å²) in [5.74, 6) is 0. The van der Waals surface area contributed by atoms with Crippen LogP contribution in [0.2, 0.25) is 0 Å². The molecule has 3 rings (SSSR count). The van der Waals surface area contributed by atoms with Gasteiger partial charge in [0.25, 0.3) is 0 Å². The van der Waals surface area contributed by atoms with Gasteiger partial charge >= 0.3 is 6.09 Å². The van der Waals surface area contributed by atoms with Gasteiger partial charge < -0.3 is 14.8 Å². The van der Waals surface area contributed by atoms with Crippen molar-refractivity contribution in [3.8, 4) is 0 Å². The second-order valence-electron chi connectivity index (χ2n) is 5.27. The molecule has 114 valence electrons. The van der Waals surface area contributed by atoms with Gasteiger partial charge in [-0.05, 0) is 23.3 Å². The van der Waals surface area contributed by atoms with E-state index in [0.29, 0.717) is 13.2 Å². The number of rotatable bonds is 4. The molecule has 0 atom stereocenters. The molecule has 2 aromatic rings. The van der Waals surface area contributed by atoms with E-state index >= 15 is 0 Å². The highest BCUT2D eigenvalue weighted by Gasteiger charge is 2.42. The van der Waals surface area contributed by atoms with Crippen molar-refractivity contribution in [2.24, 2.45) is 0 Å². The summed E-state index contributed by atoms with van der Waals surface area (Å²) >= 11 is 3.41. The van der Waals surface area contributed by atoms with E-state index in [0.717, 1.165) is 15.6 Å². The number of benzene rings is 2. The van der Waals surface area contributed by atoms with Crippen LogP contribution in [0.15, 0.2) is 59.1 Å². The Morgan fingerprint density at radius 2 is 1.82 bits per heavy atom. The Morgan fingerprint density at radius 1 is 1.14 bits per heavy atom. The highest BCUT2D eigenvalue weighted by Crippen LogP contribution is 2.30. The maximum atomic E-state index is 12.1. The lowest BCUT2D eigenvalue weighted by atomic mass is 9.88. The van der Waals surface area contributed by atoms with E-state index < -0.39 is 11.6 Å². The number of hydrogen-bond donors (Lipinski definition) is 1. The van der Waals surface area contributed by atoms with Gasteiger partial charge in [0.2, 0.25) is 0 Å². The van der Waals surface area contributed by atoms with Gasteiger partial charge in [0.1, 0.15) is 12.1 Å². The van der Waals surface area contributed by atoms with Crippen LogP contribution >= 0.6 is 15.9 Å². The van der Waals surface area contributed by atoms with Crippen molar-refractivity contribution in [2.75, 3.05) is 13.2 Å². The zero-order valence-corrected chi connectivity index (χ0v) is 13.5. The number of carbonyl (C=O) groups is 1. The minimum absolute atomic E-state index is 0.254. The molecule has 0 aromatic heterocycles. The molecule has 1 fully saturated rings. The third kappa shape index (κ3) is 3.31. The van der Waals surface area contributed by atoms with Crippen molar-refractivity contribution in [2.45, 2.75) is 12.1 Å². The van der Waals surface area contributed by atoms with Crippen molar-refractivity contribution >= 4 is 22.0 Å². The van der Waals surface area contributed by atoms with Crippen LogP contribution in [0.1, 0.15) is 11.1 Å². The van der Waals surface area contributed by atoms with Crippen molar-refractivity contribution < 1.29 is 14.3 Å². The van der Waals surface area contributed by atoms with Gasteiger partial charge in [-0.25, -0.2) is 4.79 Å². The van der Waals surface area contributed by atoms with Crippen LogP contribution in [-0.4, -0.2) is 19.3 Å². The molecule has 1 heterocycles. The molecular formula is C17H16BrNO3. The van der Waals surface area contributed by atoms with Crippen molar-refractivity contribution in [3.05, 3.63) is 70.2 Å². The molecule has 0 radical (unpaired) electrons. The molecule has 0 saturated carbocycles. The quantitative estimate of drug-likeness (QED) is 0.904. The summed E-state index contributed by atoms with van der Waals surface area (Å²) in [5, 5.41) is 2.93. The van der Waals surface area contributed by atoms with Gasteiger partial charge in [-0.2, -0.15) is 0 Å². The molecule has 0 spiro atoms. The zero-order chi connectivity index (χ0) is 15.4. The molecule has 0 unspecified atom stereocenters. The Balaban J connectivity index is 1.62. The first-order valence-corrected chi connectivity index (χ1v) is 7.80. The average molecular weight is 362 g/mol. The molecule has 2 aromatic carbocycles. The molecule has 1 aliphatic heterocycles. The fraction of sp³-hybridized carbons (Fsp3) is 0.235. The number of hydrogen-bond acceptors (Lipinski definition) is 3. The SMILES string of the molecule is O=C(NC1(c2ccc(Br)cc2)COC1)OCc1ccccc1. The molecule has 1 N–H and O–H groups in total. The highest BCUT2D eigenvalue weighted by molar-refractivity contribution is 9.10. The van der Waals surface area contributed by atoms with E-state index in [1.54, 1.807) is 0 Å². The number of nitrogens with one attached hydrogen (secondary N) is 1. The van der Waals surface area contributed by atoms with Crippen LogP contribution in [0.25, 0.3) is 0 Å². The summed E-state index contributed by atoms with van der Waals surface area (Å²) in [7, 11) is 0. The fourth-order valence-electron chi connectivity index (χ4n) is 2.34. The Morgan fingerprint density at radius 3 is 2.41 bits per heavy atom. The van der Waals surface area contributed by atoms with Crippen molar-refractivity contribution in [3.63, 3.8) is 0 Å². The fourth-order valence-corrected chi connectivity index (χ4v) is 2.61. The second kappa shape index (κ2) is 6.50. The molecule has 1 aliphatic rings. The van der Waals surface area contributed by atoms with Gasteiger partial charge in [-0.1, -0.05) is 58.4 Å². The summed E-state index contributed by atoms with van der Waals surface area (Å²) in [6, 6.07) is 17.5. The van der Waals surface area contributed by atoms with E-state index in [2.05, 4.69) is 21.2 Å². The number of alkyl carbamates (subject to hydrolysis) is 1. The Bertz CT molecular complexity index is 639. The highest BCUT2D eigenvalue weighted by atomic mass is 79.9. The third-order valence-corrected chi connectivity index (χ3v) is 4.18. The molecule has 0 aliphatic carbocycles. The maximum Gasteiger partial charge on any atom is 0.408 e. The van der Waals surface area contributed by atoms with Crippen LogP contribution in [0.3, 0.4) is 0 Å². The zero-order valence-electron chi connectivity index (χ0n) is 11.9. The first kappa shape index (κ1) is 15.1. The van der Waals surface area contributed by atoms with Gasteiger partial charge in [0, 0.05) is 4.47 Å². The standard InChI is InChI=1S/C17H16BrNO3/c18-15-8-6-14(7-9-15)17(11-21-12-17)19-16(20)22-10-13-4-2-1-3-5-13/h1-9H,10-12H2,(H,19,20). The summed E-state index contributed by atoms with van der Waals surface area (Å²) in [6.07, 6.45) is -0.435. The molecule has 0 bridgehead atoms. The van der Waals surface area contributed by atoms with E-state index in [9.17, 15) is 4.79 Å². The van der Waals surface area contributed by atoms with Gasteiger partial charge in [0.05, 0.1) is 13.2 Å². The van der Waals surface area contributed by atoms with Crippen molar-refractivity contribution in [1.29, 1.82) is 0 Å². The first-order valence-electron chi connectivity index (χ1n) is 7.01. The second-order valence-corrected chi connectivity index (χ2v) is 6.18. The smallest absolute Gasteiger partial charge is 0.408 e. The number of carbonyl (C=O) groups excluding carboxylic acids is 1. The topological polar surface area (TPSA) is 47.6 Å². The number of halogens is 1. The largest absolute Gasteiger partial charge is 0.445 e. The van der Waals surface area contributed by atoms with E-state index in [4.69, 9.17) is 9.47 Å². The molecule has 5 heteroatoms. The normalized spacial score (nSPS) is 15.7. The average Bonchev–Trinajstić information content (AvgIpc) is 2.51. The number of amides is 1. The van der Waals surface area contributed by atoms with E-state index in [1.807, 2.05) is 54.6 Å². The lowest BCUT2D eigenvalue weighted by Gasteiger charge is -2.42. The summed E-state index contributed by atoms with van der Waals surface area (Å²) < 4.78 is 11.6. The predicted octanol–water partition coefficient (Wildman–Crippen LogP) is 3.60. The molecule has 4 nitrogen and oxygen atoms in total. The first-order chi connectivity index (χ1) is 10.7. The lowest BCUT2D eigenvalue weighted by Crippen LogP contribution is -2.59. The Kier molecular flexibility index (Phi) is 4.45. The lowest BCUT2D eigenvalue weighted by molar-refractivity contribution is -0.0762. The summed E-state index contributed by atoms with van der Waals surface area (Å²) in [4.78, 5) is 12.1.